The Labute approximate surface area is 148 Å². The highest BCUT2D eigenvalue weighted by molar-refractivity contribution is 7.81. The van der Waals surface area contributed by atoms with Crippen LogP contribution in [0.2, 0.25) is 0 Å². The van der Waals surface area contributed by atoms with Crippen LogP contribution in [0.4, 0.5) is 14.5 Å². The van der Waals surface area contributed by atoms with Crippen molar-refractivity contribution in [3.8, 4) is 5.75 Å². The minimum atomic E-state index is -1.78. The Morgan fingerprint density at radius 3 is 2.76 bits per heavy atom. The lowest BCUT2D eigenvalue weighted by molar-refractivity contribution is -0.384. The van der Waals surface area contributed by atoms with Crippen LogP contribution in [-0.4, -0.2) is 48.7 Å². The van der Waals surface area contributed by atoms with E-state index in [-0.39, 0.29) is 16.4 Å². The van der Waals surface area contributed by atoms with Crippen LogP contribution in [0.25, 0.3) is 5.57 Å². The van der Waals surface area contributed by atoms with Crippen molar-refractivity contribution in [1.29, 1.82) is 0 Å². The van der Waals surface area contributed by atoms with Crippen LogP contribution in [0.3, 0.4) is 0 Å². The smallest absolute Gasteiger partial charge is 0.270 e. The minimum absolute atomic E-state index is 0.148. The van der Waals surface area contributed by atoms with Crippen molar-refractivity contribution in [1.82, 2.24) is 5.32 Å². The SMILES string of the molecule is C=NCCCNC(=S)C1=CC(CF)(CF)Oc2ccc([N+](=O)[O-])cc21. The van der Waals surface area contributed by atoms with E-state index in [1.165, 1.54) is 24.3 Å². The van der Waals surface area contributed by atoms with Crippen molar-refractivity contribution in [2.45, 2.75) is 12.0 Å². The largest absolute Gasteiger partial charge is 0.477 e. The summed E-state index contributed by atoms with van der Waals surface area (Å²) in [6.07, 6.45) is 1.92. The maximum atomic E-state index is 13.4. The van der Waals surface area contributed by atoms with Gasteiger partial charge in [-0.05, 0) is 25.3 Å². The quantitative estimate of drug-likeness (QED) is 0.251. The van der Waals surface area contributed by atoms with Crippen molar-refractivity contribution < 1.29 is 18.4 Å². The molecule has 9 heteroatoms. The molecule has 1 aliphatic heterocycles. The summed E-state index contributed by atoms with van der Waals surface area (Å²) >= 11 is 5.31. The first kappa shape index (κ1) is 18.9. The van der Waals surface area contributed by atoms with Gasteiger partial charge in [-0.2, -0.15) is 0 Å². The van der Waals surface area contributed by atoms with Crippen molar-refractivity contribution in [3.05, 3.63) is 40.0 Å². The number of nitrogens with one attached hydrogen (secondary N) is 1. The number of thiocarbonyl (C=S) groups is 1. The molecule has 0 radical (unpaired) electrons. The number of nitro groups is 1. The van der Waals surface area contributed by atoms with Gasteiger partial charge in [0.05, 0.1) is 4.92 Å². The summed E-state index contributed by atoms with van der Waals surface area (Å²) in [6, 6.07) is 3.82. The maximum Gasteiger partial charge on any atom is 0.270 e. The number of benzene rings is 1. The van der Waals surface area contributed by atoms with Gasteiger partial charge in [0.2, 0.25) is 0 Å². The van der Waals surface area contributed by atoms with Crippen LogP contribution in [0, 0.1) is 10.1 Å². The molecule has 134 valence electrons. The summed E-state index contributed by atoms with van der Waals surface area (Å²) in [5.74, 6) is 0.148. The van der Waals surface area contributed by atoms with Gasteiger partial charge in [-0.1, -0.05) is 12.2 Å². The molecule has 0 aromatic heterocycles. The number of aliphatic imine (C=N–C) groups is 1. The van der Waals surface area contributed by atoms with Gasteiger partial charge < -0.3 is 15.0 Å². The van der Waals surface area contributed by atoms with E-state index in [0.717, 1.165) is 0 Å². The van der Waals surface area contributed by atoms with E-state index in [1.54, 1.807) is 0 Å². The van der Waals surface area contributed by atoms with Crippen LogP contribution in [-0.2, 0) is 0 Å². The van der Waals surface area contributed by atoms with E-state index in [4.69, 9.17) is 17.0 Å². The Morgan fingerprint density at radius 1 is 1.44 bits per heavy atom. The molecule has 1 N–H and O–H groups in total. The van der Waals surface area contributed by atoms with E-state index in [0.29, 0.717) is 30.6 Å². The molecular weight excluding hydrogens is 352 g/mol. The number of non-ortho nitro benzene ring substituents is 1. The highest BCUT2D eigenvalue weighted by Gasteiger charge is 2.37. The van der Waals surface area contributed by atoms with Crippen molar-refractivity contribution in [3.63, 3.8) is 0 Å². The van der Waals surface area contributed by atoms with Gasteiger partial charge in [0, 0.05) is 36.4 Å². The number of rotatable bonds is 8. The normalized spacial score (nSPS) is 14.7. The van der Waals surface area contributed by atoms with E-state index >= 15 is 0 Å². The molecular formula is C16H17F2N3O3S. The van der Waals surface area contributed by atoms with Gasteiger partial charge in [0.1, 0.15) is 24.1 Å². The topological polar surface area (TPSA) is 76.8 Å². The predicted octanol–water partition coefficient (Wildman–Crippen LogP) is 3.06. The summed E-state index contributed by atoms with van der Waals surface area (Å²) in [5.41, 5.74) is -1.32. The zero-order chi connectivity index (χ0) is 18.4. The Hall–Kier alpha value is -2.42. The zero-order valence-electron chi connectivity index (χ0n) is 13.3. The zero-order valence-corrected chi connectivity index (χ0v) is 14.2. The fourth-order valence-corrected chi connectivity index (χ4v) is 2.63. The molecule has 0 saturated carbocycles. The summed E-state index contributed by atoms with van der Waals surface area (Å²) in [7, 11) is 0. The molecule has 0 unspecified atom stereocenters. The molecule has 1 aromatic rings. The average Bonchev–Trinajstić information content (AvgIpc) is 2.63. The third-order valence-electron chi connectivity index (χ3n) is 3.66. The average molecular weight is 369 g/mol. The standard InChI is InChI=1S/C16H17F2N3O3S/c1-19-5-2-6-20-15(25)13-8-16(9-17,10-18)24-14-4-3-11(21(22)23)7-12(13)14/h3-4,7-8H,1-2,5-6,9-10H2,(H,20,25). The van der Waals surface area contributed by atoms with Gasteiger partial charge >= 0.3 is 0 Å². The Morgan fingerprint density at radius 2 is 2.16 bits per heavy atom. The second-order valence-electron chi connectivity index (χ2n) is 5.49. The number of alkyl halides is 2. The number of hydrogen-bond acceptors (Lipinski definition) is 5. The Balaban J connectivity index is 2.39. The summed E-state index contributed by atoms with van der Waals surface area (Å²) in [5, 5.41) is 14.0. The lowest BCUT2D eigenvalue weighted by atomic mass is 9.93. The van der Waals surface area contributed by atoms with Gasteiger partial charge in [-0.25, -0.2) is 8.78 Å². The maximum absolute atomic E-state index is 13.4. The first-order valence-corrected chi connectivity index (χ1v) is 7.90. The third-order valence-corrected chi connectivity index (χ3v) is 4.02. The number of nitro benzene ring substituents is 1. The van der Waals surface area contributed by atoms with E-state index < -0.39 is 23.9 Å². The van der Waals surface area contributed by atoms with Crippen LogP contribution in [0.5, 0.6) is 5.75 Å². The highest BCUT2D eigenvalue weighted by atomic mass is 32.1. The number of nitrogens with zero attached hydrogens (tertiary/aromatic N) is 2. The predicted molar refractivity (Wildman–Crippen MR) is 96.0 cm³/mol. The first-order chi connectivity index (χ1) is 12.0. The molecule has 0 saturated heterocycles. The molecule has 6 nitrogen and oxygen atoms in total. The molecule has 0 amide bonds. The molecule has 0 fully saturated rings. The van der Waals surface area contributed by atoms with Crippen molar-refractivity contribution >= 4 is 35.2 Å². The number of halogens is 2. The number of fused-ring (bicyclic) bond motifs is 1. The molecule has 2 rings (SSSR count). The minimum Gasteiger partial charge on any atom is -0.477 e. The van der Waals surface area contributed by atoms with Gasteiger partial charge in [0.15, 0.2) is 5.60 Å². The second-order valence-corrected chi connectivity index (χ2v) is 5.89. The Kier molecular flexibility index (Phi) is 6.13. The lowest BCUT2D eigenvalue weighted by Crippen LogP contribution is -2.42. The number of hydrogen-bond donors (Lipinski definition) is 1. The van der Waals surface area contributed by atoms with E-state index in [1.807, 2.05) is 0 Å². The van der Waals surface area contributed by atoms with Crippen LogP contribution >= 0.6 is 12.2 Å². The van der Waals surface area contributed by atoms with Crippen LogP contribution in [0.15, 0.2) is 29.3 Å². The monoisotopic (exact) mass is 369 g/mol. The van der Waals surface area contributed by atoms with Crippen LogP contribution < -0.4 is 10.1 Å². The summed E-state index contributed by atoms with van der Waals surface area (Å²) in [4.78, 5) is 14.4. The first-order valence-electron chi connectivity index (χ1n) is 7.49. The van der Waals surface area contributed by atoms with Crippen molar-refractivity contribution in [2.75, 3.05) is 26.4 Å². The molecule has 0 bridgehead atoms. The molecule has 0 spiro atoms. The molecule has 1 heterocycles. The van der Waals surface area contributed by atoms with E-state index in [2.05, 4.69) is 17.0 Å². The van der Waals surface area contributed by atoms with Gasteiger partial charge in [-0.15, -0.1) is 0 Å². The molecule has 1 aromatic carbocycles. The molecule has 1 aliphatic rings. The number of ether oxygens (including phenoxy) is 1. The van der Waals surface area contributed by atoms with Gasteiger partial charge in [0.25, 0.3) is 5.69 Å². The Bertz CT molecular complexity index is 721. The third kappa shape index (κ3) is 4.16. The van der Waals surface area contributed by atoms with Crippen LogP contribution in [0.1, 0.15) is 12.0 Å². The molecule has 25 heavy (non-hydrogen) atoms. The summed E-state index contributed by atoms with van der Waals surface area (Å²) in [6.45, 7) is 2.22. The molecule has 0 aliphatic carbocycles. The second kappa shape index (κ2) is 8.11. The van der Waals surface area contributed by atoms with Gasteiger partial charge in [-0.3, -0.25) is 10.1 Å². The summed E-state index contributed by atoms with van der Waals surface area (Å²) < 4.78 is 32.3. The fourth-order valence-electron chi connectivity index (χ4n) is 2.36. The fraction of sp³-hybridized carbons (Fsp3) is 0.375. The van der Waals surface area contributed by atoms with Crippen molar-refractivity contribution in [2.24, 2.45) is 4.99 Å². The molecule has 0 atom stereocenters. The van der Waals surface area contributed by atoms with E-state index in [9.17, 15) is 18.9 Å². The highest BCUT2D eigenvalue weighted by Crippen LogP contribution is 2.39. The lowest BCUT2D eigenvalue weighted by Gasteiger charge is -2.33.